The molecule has 7 nitrogen and oxygen atoms in total. The number of hydrogen-bond acceptors (Lipinski definition) is 5. The molecule has 0 fully saturated rings. The van der Waals surface area contributed by atoms with Crippen molar-refractivity contribution in [1.29, 1.82) is 0 Å². The van der Waals surface area contributed by atoms with Crippen LogP contribution in [0, 0.1) is 6.92 Å². The van der Waals surface area contributed by atoms with Gasteiger partial charge < -0.3 is 4.74 Å². The highest BCUT2D eigenvalue weighted by Crippen LogP contribution is 2.17. The summed E-state index contributed by atoms with van der Waals surface area (Å²) < 4.78 is 5.42. The van der Waals surface area contributed by atoms with Gasteiger partial charge in [-0.05, 0) is 31.2 Å². The predicted molar refractivity (Wildman–Crippen MR) is 102 cm³/mol. The van der Waals surface area contributed by atoms with E-state index in [0.29, 0.717) is 23.6 Å². The number of aromatic amines is 1. The van der Waals surface area contributed by atoms with Gasteiger partial charge >= 0.3 is 0 Å². The van der Waals surface area contributed by atoms with Gasteiger partial charge in [-0.2, -0.15) is 4.98 Å². The van der Waals surface area contributed by atoms with Crippen molar-refractivity contribution in [2.24, 2.45) is 0 Å². The van der Waals surface area contributed by atoms with Crippen LogP contribution in [0.3, 0.4) is 0 Å². The van der Waals surface area contributed by atoms with E-state index in [1.807, 2.05) is 38.1 Å². The summed E-state index contributed by atoms with van der Waals surface area (Å²) in [7, 11) is 0. The van der Waals surface area contributed by atoms with Crippen LogP contribution in [0.1, 0.15) is 29.3 Å². The van der Waals surface area contributed by atoms with Gasteiger partial charge in [-0.1, -0.05) is 36.8 Å². The van der Waals surface area contributed by atoms with Crippen molar-refractivity contribution in [2.75, 3.05) is 11.9 Å². The maximum absolute atomic E-state index is 12.0. The van der Waals surface area contributed by atoms with Gasteiger partial charge in [0.25, 0.3) is 5.91 Å². The van der Waals surface area contributed by atoms with Crippen molar-refractivity contribution >= 4 is 17.6 Å². The van der Waals surface area contributed by atoms with Gasteiger partial charge in [0, 0.05) is 17.5 Å². The third kappa shape index (κ3) is 4.78. The summed E-state index contributed by atoms with van der Waals surface area (Å²) in [5, 5.41) is 9.36. The minimum Gasteiger partial charge on any atom is -0.484 e. The second kappa shape index (κ2) is 8.27. The lowest BCUT2D eigenvalue weighted by Gasteiger charge is -2.06. The minimum absolute atomic E-state index is 0.0632. The topological polar surface area (TPSA) is 97.0 Å². The maximum atomic E-state index is 12.0. The first-order chi connectivity index (χ1) is 13.0. The quantitative estimate of drug-likeness (QED) is 0.626. The van der Waals surface area contributed by atoms with Crippen LogP contribution >= 0.6 is 0 Å². The number of aryl methyl sites for hydroxylation is 1. The number of amides is 1. The first-order valence-electron chi connectivity index (χ1n) is 8.60. The molecule has 0 radical (unpaired) electrons. The van der Waals surface area contributed by atoms with Crippen LogP contribution in [0.25, 0.3) is 11.4 Å². The summed E-state index contributed by atoms with van der Waals surface area (Å²) >= 11 is 0. The third-order valence-electron chi connectivity index (χ3n) is 3.93. The summed E-state index contributed by atoms with van der Waals surface area (Å²) in [5.41, 5.74) is 2.65. The summed E-state index contributed by atoms with van der Waals surface area (Å²) in [5.74, 6) is 0.949. The van der Waals surface area contributed by atoms with E-state index in [2.05, 4.69) is 20.5 Å². The molecule has 1 aromatic heterocycles. The number of ether oxygens (including phenoxy) is 1. The number of carbonyl (C=O) groups excluding carboxylic acids is 2. The molecule has 3 rings (SSSR count). The number of carbonyl (C=O) groups is 2. The fourth-order valence-electron chi connectivity index (χ4n) is 2.41. The summed E-state index contributed by atoms with van der Waals surface area (Å²) in [6.45, 7) is 3.63. The molecule has 0 aliphatic rings. The van der Waals surface area contributed by atoms with Gasteiger partial charge in [0.1, 0.15) is 5.75 Å². The number of nitrogens with one attached hydrogen (secondary N) is 2. The van der Waals surface area contributed by atoms with E-state index in [0.717, 1.165) is 11.1 Å². The predicted octanol–water partition coefficient (Wildman–Crippen LogP) is 3.39. The number of anilines is 1. The molecule has 0 saturated heterocycles. The second-order valence-corrected chi connectivity index (χ2v) is 6.01. The normalized spacial score (nSPS) is 10.4. The van der Waals surface area contributed by atoms with Crippen LogP contribution in [-0.2, 0) is 4.79 Å². The molecule has 2 aromatic carbocycles. The van der Waals surface area contributed by atoms with E-state index >= 15 is 0 Å². The number of rotatable bonds is 7. The molecule has 138 valence electrons. The largest absolute Gasteiger partial charge is 0.484 e. The molecule has 2 N–H and O–H groups in total. The van der Waals surface area contributed by atoms with E-state index < -0.39 is 0 Å². The third-order valence-corrected chi connectivity index (χ3v) is 3.93. The van der Waals surface area contributed by atoms with Crippen molar-refractivity contribution < 1.29 is 14.3 Å². The number of aromatic nitrogens is 3. The lowest BCUT2D eigenvalue weighted by molar-refractivity contribution is -0.118. The van der Waals surface area contributed by atoms with Crippen LogP contribution < -0.4 is 10.1 Å². The number of H-pyrrole nitrogens is 1. The zero-order valence-electron chi connectivity index (χ0n) is 15.2. The first-order valence-corrected chi connectivity index (χ1v) is 8.60. The molecular weight excluding hydrogens is 344 g/mol. The average Bonchev–Trinajstić information content (AvgIpc) is 3.15. The van der Waals surface area contributed by atoms with E-state index in [4.69, 9.17) is 4.74 Å². The highest BCUT2D eigenvalue weighted by molar-refractivity contribution is 5.96. The van der Waals surface area contributed by atoms with Crippen molar-refractivity contribution in [3.8, 4) is 17.1 Å². The zero-order chi connectivity index (χ0) is 19.2. The molecule has 0 unspecified atom stereocenters. The van der Waals surface area contributed by atoms with Gasteiger partial charge in [-0.15, -0.1) is 5.10 Å². The summed E-state index contributed by atoms with van der Waals surface area (Å²) in [6.07, 6.45) is 0.448. The van der Waals surface area contributed by atoms with E-state index in [1.165, 1.54) is 0 Å². The van der Waals surface area contributed by atoms with Crippen molar-refractivity contribution in [3.05, 3.63) is 59.7 Å². The summed E-state index contributed by atoms with van der Waals surface area (Å²) in [6, 6.07) is 14.5. The van der Waals surface area contributed by atoms with Crippen LogP contribution in [-0.4, -0.2) is 33.5 Å². The number of nitrogens with zero attached hydrogens (tertiary/aromatic N) is 2. The Kier molecular flexibility index (Phi) is 5.61. The molecule has 3 aromatic rings. The Balaban J connectivity index is 1.54. The highest BCUT2D eigenvalue weighted by Gasteiger charge is 2.10. The Hall–Kier alpha value is -3.48. The van der Waals surface area contributed by atoms with Crippen LogP contribution in [0.5, 0.6) is 5.75 Å². The fourth-order valence-corrected chi connectivity index (χ4v) is 2.41. The molecule has 1 heterocycles. The zero-order valence-corrected chi connectivity index (χ0v) is 15.2. The number of Topliss-reactive ketones (excluding diaryl/α,β-unsaturated/α-hetero) is 1. The number of hydrogen-bond donors (Lipinski definition) is 2. The molecule has 0 saturated carbocycles. The lowest BCUT2D eigenvalue weighted by Crippen LogP contribution is -2.20. The van der Waals surface area contributed by atoms with Crippen molar-refractivity contribution in [1.82, 2.24) is 15.2 Å². The van der Waals surface area contributed by atoms with Gasteiger partial charge in [0.2, 0.25) is 5.95 Å². The molecule has 0 aliphatic heterocycles. The Morgan fingerprint density at radius 1 is 1.07 bits per heavy atom. The van der Waals surface area contributed by atoms with Gasteiger partial charge in [0.15, 0.2) is 18.2 Å². The first kappa shape index (κ1) is 18.3. The SMILES string of the molecule is CCC(=O)c1ccc(OCC(=O)Nc2n[nH]c(-c3ccc(C)cc3)n2)cc1. The molecular formula is C20H20N4O3. The molecule has 0 aliphatic carbocycles. The van der Waals surface area contributed by atoms with Crippen molar-refractivity contribution in [3.63, 3.8) is 0 Å². The standard InChI is InChI=1S/C20H20N4O3/c1-3-17(25)14-8-10-16(11-9-14)27-12-18(26)21-20-22-19(23-24-20)15-6-4-13(2)5-7-15/h4-11H,3,12H2,1-2H3,(H2,21,22,23,24,26). The molecule has 27 heavy (non-hydrogen) atoms. The Morgan fingerprint density at radius 2 is 1.78 bits per heavy atom. The van der Waals surface area contributed by atoms with Crippen molar-refractivity contribution in [2.45, 2.75) is 20.3 Å². The molecule has 0 spiro atoms. The smallest absolute Gasteiger partial charge is 0.264 e. The van der Waals surface area contributed by atoms with Gasteiger partial charge in [-0.3, -0.25) is 20.0 Å². The highest BCUT2D eigenvalue weighted by atomic mass is 16.5. The van der Waals surface area contributed by atoms with Gasteiger partial charge in [0.05, 0.1) is 0 Å². The number of ketones is 1. The van der Waals surface area contributed by atoms with Crippen LogP contribution in [0.2, 0.25) is 0 Å². The average molecular weight is 364 g/mol. The fraction of sp³-hybridized carbons (Fsp3) is 0.200. The number of benzene rings is 2. The Morgan fingerprint density at radius 3 is 2.44 bits per heavy atom. The molecule has 0 bridgehead atoms. The van der Waals surface area contributed by atoms with Crippen LogP contribution in [0.4, 0.5) is 5.95 Å². The molecule has 0 atom stereocenters. The molecule has 7 heteroatoms. The van der Waals surface area contributed by atoms with E-state index in [9.17, 15) is 9.59 Å². The van der Waals surface area contributed by atoms with Gasteiger partial charge in [-0.25, -0.2) is 0 Å². The lowest BCUT2D eigenvalue weighted by atomic mass is 10.1. The second-order valence-electron chi connectivity index (χ2n) is 6.01. The summed E-state index contributed by atoms with van der Waals surface area (Å²) in [4.78, 5) is 27.9. The van der Waals surface area contributed by atoms with Crippen LogP contribution in [0.15, 0.2) is 48.5 Å². The monoisotopic (exact) mass is 364 g/mol. The van der Waals surface area contributed by atoms with E-state index in [-0.39, 0.29) is 24.2 Å². The Labute approximate surface area is 156 Å². The Bertz CT molecular complexity index is 931. The molecule has 1 amide bonds. The maximum Gasteiger partial charge on any atom is 0.264 e. The minimum atomic E-state index is -0.377. The van der Waals surface area contributed by atoms with E-state index in [1.54, 1.807) is 24.3 Å².